The molecule has 3 fully saturated rings. The average Bonchev–Trinajstić information content (AvgIpc) is 3.53. The fraction of sp³-hybridized carbons (Fsp3) is 0.632. The highest BCUT2D eigenvalue weighted by atomic mass is 19.4. The summed E-state index contributed by atoms with van der Waals surface area (Å²) in [6.07, 6.45) is -2.50. The molecule has 2 aliphatic carbocycles. The van der Waals surface area contributed by atoms with Crippen molar-refractivity contribution in [3.05, 3.63) is 48.6 Å². The van der Waals surface area contributed by atoms with E-state index >= 15 is 0 Å². The first-order chi connectivity index (χ1) is 24.8. The predicted molar refractivity (Wildman–Crippen MR) is 189 cm³/mol. The molecular formula is C38H52F3N5O7. The number of rotatable bonds is 15. The van der Waals surface area contributed by atoms with Gasteiger partial charge in [0, 0.05) is 19.5 Å². The lowest BCUT2D eigenvalue weighted by Crippen LogP contribution is -2.62. The zero-order valence-corrected chi connectivity index (χ0v) is 31.0. The molecule has 3 aliphatic rings. The van der Waals surface area contributed by atoms with E-state index in [1.54, 1.807) is 20.8 Å². The van der Waals surface area contributed by atoms with Crippen molar-refractivity contribution in [2.24, 2.45) is 28.6 Å². The van der Waals surface area contributed by atoms with Gasteiger partial charge in [-0.25, -0.2) is 9.59 Å². The van der Waals surface area contributed by atoms with E-state index in [0.29, 0.717) is 12.8 Å². The lowest BCUT2D eigenvalue weighted by molar-refractivity contribution is -0.148. The second kappa shape index (κ2) is 16.7. The van der Waals surface area contributed by atoms with Crippen molar-refractivity contribution in [2.75, 3.05) is 13.1 Å². The van der Waals surface area contributed by atoms with Gasteiger partial charge in [0.15, 0.2) is 0 Å². The number of Topliss-reactive ketones (excluding diaryl/α,β-unsaturated/α-hetero) is 1. The monoisotopic (exact) mass is 747 g/mol. The molecule has 1 unspecified atom stereocenters. The van der Waals surface area contributed by atoms with Crippen molar-refractivity contribution in [3.63, 3.8) is 0 Å². The van der Waals surface area contributed by atoms with Crippen molar-refractivity contribution in [3.8, 4) is 0 Å². The van der Waals surface area contributed by atoms with Gasteiger partial charge in [-0.15, -0.1) is 6.58 Å². The van der Waals surface area contributed by atoms with Gasteiger partial charge in [-0.1, -0.05) is 83.9 Å². The van der Waals surface area contributed by atoms with Gasteiger partial charge in [0.25, 0.3) is 5.91 Å². The summed E-state index contributed by atoms with van der Waals surface area (Å²) in [5, 5.41) is 10.1. The molecule has 6 atom stereocenters. The van der Waals surface area contributed by atoms with Crippen molar-refractivity contribution in [1.82, 2.24) is 26.2 Å². The van der Waals surface area contributed by atoms with E-state index in [4.69, 9.17) is 4.74 Å². The van der Waals surface area contributed by atoms with Gasteiger partial charge in [-0.3, -0.25) is 19.2 Å². The number of carbonyl (C=O) groups is 6. The molecular weight excluding hydrogens is 695 g/mol. The summed E-state index contributed by atoms with van der Waals surface area (Å²) in [4.78, 5) is 82.0. The topological polar surface area (TPSA) is 163 Å². The van der Waals surface area contributed by atoms with E-state index in [2.05, 4.69) is 27.8 Å². The normalized spacial score (nSPS) is 22.4. The number of ketones is 1. The highest BCUT2D eigenvalue weighted by Crippen LogP contribution is 2.65. The molecule has 53 heavy (non-hydrogen) atoms. The number of piperidine rings is 1. The summed E-state index contributed by atoms with van der Waals surface area (Å²) in [6, 6.07) is 3.18. The number of hydrogen-bond acceptors (Lipinski definition) is 7. The minimum atomic E-state index is -4.67. The van der Waals surface area contributed by atoms with Gasteiger partial charge in [0.05, 0.1) is 6.04 Å². The highest BCUT2D eigenvalue weighted by molar-refractivity contribution is 6.38. The Morgan fingerprint density at radius 3 is 2.23 bits per heavy atom. The maximum Gasteiger partial charge on any atom is 0.389 e. The Morgan fingerprint density at radius 1 is 1.00 bits per heavy atom. The second-order valence-corrected chi connectivity index (χ2v) is 16.0. The van der Waals surface area contributed by atoms with Gasteiger partial charge < -0.3 is 30.9 Å². The van der Waals surface area contributed by atoms with E-state index in [1.807, 2.05) is 44.2 Å². The largest absolute Gasteiger partial charge is 0.459 e. The number of ether oxygens (including phenoxy) is 1. The number of likely N-dealkylation sites (tertiary alicyclic amines) is 1. The summed E-state index contributed by atoms with van der Waals surface area (Å²) in [5.41, 5.74) is -0.517. The van der Waals surface area contributed by atoms with Crippen molar-refractivity contribution in [1.29, 1.82) is 0 Å². The molecule has 0 bridgehead atoms. The van der Waals surface area contributed by atoms with Crippen LogP contribution in [0.3, 0.4) is 0 Å². The van der Waals surface area contributed by atoms with Crippen LogP contribution in [0.2, 0.25) is 0 Å². The Balaban J connectivity index is 1.52. The number of nitrogens with one attached hydrogen (secondary N) is 4. The third-order valence-electron chi connectivity index (χ3n) is 10.8. The second-order valence-electron chi connectivity index (χ2n) is 16.0. The molecule has 0 radical (unpaired) electrons. The SMILES string of the molecule is C=CCNC(=O)C(=O)C(CCC(F)(F)F)NC(=O)[C@@H]1[C@@H]2[C@H](CN1C(=O)[C@@H](NC(=O)N[C@H](C(=O)OCc1ccccc1)C1CCCC1)C(C)(C)C)C2(C)C. The molecule has 4 N–H and O–H groups in total. The summed E-state index contributed by atoms with van der Waals surface area (Å²) in [5.74, 6) is -5.19. The number of fused-ring (bicyclic) bond motifs is 1. The Morgan fingerprint density at radius 2 is 1.64 bits per heavy atom. The quantitative estimate of drug-likeness (QED) is 0.119. The minimum absolute atomic E-state index is 0.0224. The van der Waals surface area contributed by atoms with Crippen LogP contribution in [0.15, 0.2) is 43.0 Å². The molecule has 1 aromatic rings. The third-order valence-corrected chi connectivity index (χ3v) is 10.8. The Labute approximate surface area is 308 Å². The summed E-state index contributed by atoms with van der Waals surface area (Å²) in [6.45, 7) is 12.5. The van der Waals surface area contributed by atoms with Crippen molar-refractivity contribution < 1.29 is 46.7 Å². The number of hydrogen-bond donors (Lipinski definition) is 4. The van der Waals surface area contributed by atoms with Crippen LogP contribution in [0.4, 0.5) is 18.0 Å². The molecule has 12 nitrogen and oxygen atoms in total. The Kier molecular flexibility index (Phi) is 13.0. The van der Waals surface area contributed by atoms with Crippen molar-refractivity contribution in [2.45, 2.75) is 110 Å². The fourth-order valence-corrected chi connectivity index (χ4v) is 7.66. The summed E-state index contributed by atoms with van der Waals surface area (Å²) < 4.78 is 45.3. The zero-order valence-electron chi connectivity index (χ0n) is 31.0. The molecule has 1 aliphatic heterocycles. The lowest BCUT2D eigenvalue weighted by atomic mass is 9.85. The molecule has 1 heterocycles. The van der Waals surface area contributed by atoms with Crippen LogP contribution < -0.4 is 21.3 Å². The maximum atomic E-state index is 14.4. The van der Waals surface area contributed by atoms with Crippen LogP contribution in [-0.2, 0) is 35.3 Å². The number of esters is 1. The van der Waals surface area contributed by atoms with E-state index < -0.39 is 89.5 Å². The standard InChI is InChI=1S/C38H52F3N5O7/c1-7-19-42-32(49)29(47)25(17-18-38(39,40)41)43-31(48)28-26-24(37(26,5)6)20-46(28)33(50)30(36(2,3)4)45-35(52)44-27(23-15-11-12-16-23)34(51)53-21-22-13-9-8-10-14-22/h7-10,13-14,23-28,30H,1,11-12,15-21H2,2-6H3,(H,42,49)(H,43,48)(H2,44,45,52)/t24-,25?,26-,27-,28-,30+/m0/s1. The van der Waals surface area contributed by atoms with Crippen LogP contribution in [0.25, 0.3) is 0 Å². The number of alkyl halides is 3. The summed E-state index contributed by atoms with van der Waals surface area (Å²) in [7, 11) is 0. The Bertz CT molecular complexity index is 1540. The van der Waals surface area contributed by atoms with Crippen LogP contribution in [0.1, 0.15) is 78.7 Å². The van der Waals surface area contributed by atoms with Crippen LogP contribution in [-0.4, -0.2) is 83.8 Å². The number of benzene rings is 1. The number of carbonyl (C=O) groups excluding carboxylic acids is 6. The van der Waals surface area contributed by atoms with Gasteiger partial charge in [-0.2, -0.15) is 13.2 Å². The van der Waals surface area contributed by atoms with Crippen molar-refractivity contribution >= 4 is 35.5 Å². The number of halogens is 3. The van der Waals surface area contributed by atoms with Gasteiger partial charge in [0.2, 0.25) is 17.6 Å². The van der Waals surface area contributed by atoms with Crippen LogP contribution in [0.5, 0.6) is 0 Å². The van der Waals surface area contributed by atoms with E-state index in [1.165, 1.54) is 11.0 Å². The molecule has 5 amide bonds. The Hall–Kier alpha value is -4.43. The first-order valence-electron chi connectivity index (χ1n) is 18.1. The summed E-state index contributed by atoms with van der Waals surface area (Å²) >= 11 is 0. The zero-order chi connectivity index (χ0) is 39.3. The number of nitrogens with zero attached hydrogens (tertiary/aromatic N) is 1. The van der Waals surface area contributed by atoms with Gasteiger partial charge >= 0.3 is 18.2 Å². The molecule has 0 aromatic heterocycles. The molecule has 1 aromatic carbocycles. The molecule has 0 spiro atoms. The van der Waals surface area contributed by atoms with Gasteiger partial charge in [0.1, 0.15) is 24.7 Å². The maximum absolute atomic E-state index is 14.4. The predicted octanol–water partition coefficient (Wildman–Crippen LogP) is 4.18. The average molecular weight is 748 g/mol. The van der Waals surface area contributed by atoms with Crippen LogP contribution in [0, 0.1) is 28.6 Å². The molecule has 292 valence electrons. The van der Waals surface area contributed by atoms with E-state index in [0.717, 1.165) is 18.4 Å². The van der Waals surface area contributed by atoms with E-state index in [-0.39, 0.29) is 37.5 Å². The molecule has 2 saturated carbocycles. The minimum Gasteiger partial charge on any atom is -0.459 e. The van der Waals surface area contributed by atoms with Gasteiger partial charge in [-0.05, 0) is 53.4 Å². The first kappa shape index (κ1) is 41.3. The number of urea groups is 1. The third kappa shape index (κ3) is 10.4. The fourth-order valence-electron chi connectivity index (χ4n) is 7.66. The molecule has 1 saturated heterocycles. The number of amides is 5. The first-order valence-corrected chi connectivity index (χ1v) is 18.1. The smallest absolute Gasteiger partial charge is 0.389 e. The lowest BCUT2D eigenvalue weighted by Gasteiger charge is -2.38. The highest BCUT2D eigenvalue weighted by Gasteiger charge is 2.70. The van der Waals surface area contributed by atoms with E-state index in [9.17, 15) is 41.9 Å². The van der Waals surface area contributed by atoms with Crippen LogP contribution >= 0.6 is 0 Å². The molecule has 15 heteroatoms. The molecule has 4 rings (SSSR count).